The number of pyridine rings is 1. The molecule has 0 bridgehead atoms. The van der Waals surface area contributed by atoms with Crippen LogP contribution in [0, 0.1) is 11.6 Å². The van der Waals surface area contributed by atoms with Crippen LogP contribution >= 0.6 is 11.6 Å². The fraction of sp³-hybridized carbons (Fsp3) is 0.381. The van der Waals surface area contributed by atoms with Crippen LogP contribution in [0.3, 0.4) is 0 Å². The van der Waals surface area contributed by atoms with Crippen LogP contribution in [0.5, 0.6) is 5.88 Å². The molecule has 0 aliphatic heterocycles. The number of benzene rings is 1. The largest absolute Gasteiger partial charge is 0.465 e. The quantitative estimate of drug-likeness (QED) is 0.467. The Hall–Kier alpha value is -2.99. The number of hydrogen-bond donors (Lipinski definition) is 1. The van der Waals surface area contributed by atoms with Gasteiger partial charge < -0.3 is 9.84 Å². The first-order valence-corrected chi connectivity index (χ1v) is 10.5. The highest BCUT2D eigenvalue weighted by molar-refractivity contribution is 6.31. The van der Waals surface area contributed by atoms with Gasteiger partial charge in [0.1, 0.15) is 12.4 Å². The van der Waals surface area contributed by atoms with Gasteiger partial charge in [-0.15, -0.1) is 5.10 Å². The van der Waals surface area contributed by atoms with Crippen LogP contribution in [0.4, 0.5) is 22.0 Å². The minimum Gasteiger partial charge on any atom is -0.465 e. The van der Waals surface area contributed by atoms with Crippen molar-refractivity contribution in [1.82, 2.24) is 19.3 Å². The van der Waals surface area contributed by atoms with Crippen LogP contribution in [0.2, 0.25) is 5.02 Å². The molecule has 1 aromatic carbocycles. The molecule has 2 aromatic heterocycles. The van der Waals surface area contributed by atoms with E-state index in [1.54, 1.807) is 6.92 Å². The predicted molar refractivity (Wildman–Crippen MR) is 112 cm³/mol. The third-order valence-electron chi connectivity index (χ3n) is 5.05. The summed E-state index contributed by atoms with van der Waals surface area (Å²) in [6, 6.07) is 4.86. The average Bonchev–Trinajstić information content (AvgIpc) is 3.09. The van der Waals surface area contributed by atoms with Gasteiger partial charge in [-0.25, -0.2) is 13.6 Å². The lowest BCUT2D eigenvalue weighted by Gasteiger charge is -2.20. The van der Waals surface area contributed by atoms with Crippen molar-refractivity contribution in [3.63, 3.8) is 0 Å². The summed E-state index contributed by atoms with van der Waals surface area (Å²) in [5, 5.41) is 13.3. The maximum Gasteiger partial charge on any atom is 0.425 e. The number of nitrogens with zero attached hydrogens (tertiary/aromatic N) is 4. The first kappa shape index (κ1) is 25.6. The summed E-state index contributed by atoms with van der Waals surface area (Å²) >= 11 is 6.00. The molecule has 7 nitrogen and oxygen atoms in total. The van der Waals surface area contributed by atoms with Gasteiger partial charge in [0, 0.05) is 22.7 Å². The van der Waals surface area contributed by atoms with Gasteiger partial charge >= 0.3 is 11.9 Å². The van der Waals surface area contributed by atoms with Crippen molar-refractivity contribution in [2.75, 3.05) is 0 Å². The first-order valence-electron chi connectivity index (χ1n) is 10.1. The maximum absolute atomic E-state index is 15.0. The molecule has 0 aliphatic rings. The van der Waals surface area contributed by atoms with Crippen molar-refractivity contribution in [2.24, 2.45) is 0 Å². The fourth-order valence-electron chi connectivity index (χ4n) is 3.21. The second-order valence-corrected chi connectivity index (χ2v) is 7.68. The van der Waals surface area contributed by atoms with Gasteiger partial charge in [0.2, 0.25) is 5.88 Å². The molecule has 2 heterocycles. The Bertz CT molecular complexity index is 1220. The van der Waals surface area contributed by atoms with E-state index in [2.05, 4.69) is 10.1 Å². The number of alkyl halides is 3. The van der Waals surface area contributed by atoms with Crippen molar-refractivity contribution in [1.29, 1.82) is 0 Å². The number of aryl methyl sites for hydroxylation is 1. The van der Waals surface area contributed by atoms with E-state index in [1.807, 2.05) is 0 Å². The zero-order valence-electron chi connectivity index (χ0n) is 18.0. The predicted octanol–water partition coefficient (Wildman–Crippen LogP) is 3.99. The molecule has 0 spiro atoms. The zero-order chi connectivity index (χ0) is 25.2. The molecule has 0 aliphatic carbocycles. The van der Waals surface area contributed by atoms with Gasteiger partial charge in [-0.1, -0.05) is 17.7 Å². The number of rotatable bonds is 8. The maximum atomic E-state index is 15.0. The molecule has 1 N–H and O–H groups in total. The monoisotopic (exact) mass is 506 g/mol. The molecular formula is C21H20ClF5N4O3. The SMILES string of the molecule is CCn1c(CO)nn(-c2nc(O[C@@H](C)C(F)(F)F)c(CCc3c(F)cccc3Cl)cc2F)c1=O. The minimum atomic E-state index is -4.76. The normalized spacial score (nSPS) is 12.7. The van der Waals surface area contributed by atoms with E-state index in [0.29, 0.717) is 4.68 Å². The molecule has 3 aromatic rings. The molecule has 0 fully saturated rings. The molecule has 0 saturated heterocycles. The smallest absolute Gasteiger partial charge is 0.425 e. The Kier molecular flexibility index (Phi) is 7.61. The number of aliphatic hydroxyl groups is 1. The van der Waals surface area contributed by atoms with E-state index in [1.165, 1.54) is 18.2 Å². The van der Waals surface area contributed by atoms with Gasteiger partial charge in [0.15, 0.2) is 23.6 Å². The molecule has 0 amide bonds. The van der Waals surface area contributed by atoms with E-state index < -0.39 is 47.9 Å². The Morgan fingerprint density at radius 3 is 2.47 bits per heavy atom. The Labute approximate surface area is 195 Å². The average molecular weight is 507 g/mol. The Morgan fingerprint density at radius 1 is 1.21 bits per heavy atom. The highest BCUT2D eigenvalue weighted by atomic mass is 35.5. The minimum absolute atomic E-state index is 0.0815. The second kappa shape index (κ2) is 10.1. The highest BCUT2D eigenvalue weighted by Crippen LogP contribution is 2.29. The summed E-state index contributed by atoms with van der Waals surface area (Å²) in [4.78, 5) is 16.4. The molecular weight excluding hydrogens is 487 g/mol. The van der Waals surface area contributed by atoms with Crippen molar-refractivity contribution in [2.45, 2.75) is 52.1 Å². The summed E-state index contributed by atoms with van der Waals surface area (Å²) in [5.41, 5.74) is -0.852. The summed E-state index contributed by atoms with van der Waals surface area (Å²) < 4.78 is 75.1. The third-order valence-corrected chi connectivity index (χ3v) is 5.40. The van der Waals surface area contributed by atoms with E-state index in [9.17, 15) is 31.9 Å². The molecule has 3 rings (SSSR count). The van der Waals surface area contributed by atoms with Crippen LogP contribution < -0.4 is 10.4 Å². The lowest BCUT2D eigenvalue weighted by atomic mass is 10.0. The Morgan fingerprint density at radius 2 is 1.91 bits per heavy atom. The van der Waals surface area contributed by atoms with Gasteiger partial charge in [0.25, 0.3) is 0 Å². The van der Waals surface area contributed by atoms with Crippen molar-refractivity contribution in [3.05, 3.63) is 68.4 Å². The van der Waals surface area contributed by atoms with Crippen LogP contribution in [-0.4, -0.2) is 36.7 Å². The van der Waals surface area contributed by atoms with E-state index in [4.69, 9.17) is 16.3 Å². The van der Waals surface area contributed by atoms with Crippen LogP contribution in [0.25, 0.3) is 5.82 Å². The van der Waals surface area contributed by atoms with Gasteiger partial charge in [-0.05, 0) is 44.9 Å². The summed E-state index contributed by atoms with van der Waals surface area (Å²) in [6.07, 6.45) is -7.31. The van der Waals surface area contributed by atoms with Gasteiger partial charge in [-0.2, -0.15) is 22.8 Å². The van der Waals surface area contributed by atoms with Gasteiger partial charge in [0.05, 0.1) is 0 Å². The van der Waals surface area contributed by atoms with Crippen LogP contribution in [-0.2, 0) is 26.0 Å². The lowest BCUT2D eigenvalue weighted by Crippen LogP contribution is -2.32. The standard InChI is InChI=1S/C21H20ClF5N4O3/c1-3-30-17(10-32)29-31(20(30)33)18-16(24)9-12(19(28-18)34-11(2)21(25,26)27)7-8-13-14(22)5-4-6-15(13)23/h4-6,9,11,32H,3,7-8,10H2,1-2H3/t11-/m0/s1. The number of hydrogen-bond acceptors (Lipinski definition) is 5. The number of aliphatic hydroxyl groups excluding tert-OH is 1. The zero-order valence-corrected chi connectivity index (χ0v) is 18.8. The molecule has 1 atom stereocenters. The fourth-order valence-corrected chi connectivity index (χ4v) is 3.46. The van der Waals surface area contributed by atoms with Gasteiger partial charge in [-0.3, -0.25) is 4.57 Å². The topological polar surface area (TPSA) is 82.2 Å². The third kappa shape index (κ3) is 5.22. The number of ether oxygens (including phenoxy) is 1. The first-order chi connectivity index (χ1) is 16.0. The van der Waals surface area contributed by atoms with Crippen molar-refractivity contribution < 1.29 is 31.8 Å². The van der Waals surface area contributed by atoms with Crippen LogP contribution in [0.15, 0.2) is 29.1 Å². The Balaban J connectivity index is 2.08. The molecule has 13 heteroatoms. The van der Waals surface area contributed by atoms with Crippen molar-refractivity contribution in [3.8, 4) is 11.7 Å². The molecule has 184 valence electrons. The van der Waals surface area contributed by atoms with E-state index in [0.717, 1.165) is 17.6 Å². The second-order valence-electron chi connectivity index (χ2n) is 7.27. The molecule has 0 unspecified atom stereocenters. The molecule has 0 radical (unpaired) electrons. The molecule has 0 saturated carbocycles. The van der Waals surface area contributed by atoms with Crippen LogP contribution in [0.1, 0.15) is 30.8 Å². The van der Waals surface area contributed by atoms with E-state index in [-0.39, 0.29) is 41.4 Å². The highest BCUT2D eigenvalue weighted by Gasteiger charge is 2.39. The summed E-state index contributed by atoms with van der Waals surface area (Å²) in [6.45, 7) is 1.80. The van der Waals surface area contributed by atoms with E-state index >= 15 is 0 Å². The summed E-state index contributed by atoms with van der Waals surface area (Å²) in [5.74, 6) is -3.09. The lowest BCUT2D eigenvalue weighted by molar-refractivity contribution is -0.190. The number of halogens is 6. The van der Waals surface area contributed by atoms with Crippen molar-refractivity contribution >= 4 is 11.6 Å². The molecule has 34 heavy (non-hydrogen) atoms. The summed E-state index contributed by atoms with van der Waals surface area (Å²) in [7, 11) is 0. The number of aromatic nitrogens is 4.